The first-order valence-corrected chi connectivity index (χ1v) is 8.04. The SMILES string of the molecule is CCCn1ccnc1C(NCC)C1CN2CCN1CC2. The highest BCUT2D eigenvalue weighted by Crippen LogP contribution is 2.26. The lowest BCUT2D eigenvalue weighted by molar-refractivity contribution is -0.00526. The predicted molar refractivity (Wildman–Crippen MR) is 80.7 cm³/mol. The lowest BCUT2D eigenvalue weighted by atomic mass is 9.99. The van der Waals surface area contributed by atoms with Crippen molar-refractivity contribution in [2.24, 2.45) is 0 Å². The van der Waals surface area contributed by atoms with Crippen LogP contribution in [0.3, 0.4) is 0 Å². The Hall–Kier alpha value is -0.910. The summed E-state index contributed by atoms with van der Waals surface area (Å²) in [6, 6.07) is 0.917. The summed E-state index contributed by atoms with van der Waals surface area (Å²) in [4.78, 5) is 9.92. The molecule has 3 aliphatic rings. The lowest BCUT2D eigenvalue weighted by Gasteiger charge is -2.50. The predicted octanol–water partition coefficient (Wildman–Crippen LogP) is 0.944. The summed E-state index contributed by atoms with van der Waals surface area (Å²) >= 11 is 0. The van der Waals surface area contributed by atoms with Crippen molar-refractivity contribution in [2.45, 2.75) is 38.9 Å². The van der Waals surface area contributed by atoms with E-state index in [-0.39, 0.29) is 0 Å². The number of aryl methyl sites for hydroxylation is 1. The van der Waals surface area contributed by atoms with Crippen LogP contribution in [0.2, 0.25) is 0 Å². The zero-order valence-electron chi connectivity index (χ0n) is 12.8. The van der Waals surface area contributed by atoms with E-state index in [0.717, 1.165) is 19.5 Å². The molecule has 3 aliphatic heterocycles. The molecule has 1 aromatic rings. The van der Waals surface area contributed by atoms with Gasteiger partial charge in [0.05, 0.1) is 6.04 Å². The molecule has 2 bridgehead atoms. The quantitative estimate of drug-likeness (QED) is 0.840. The number of aromatic nitrogens is 2. The Morgan fingerprint density at radius 3 is 2.70 bits per heavy atom. The van der Waals surface area contributed by atoms with Gasteiger partial charge < -0.3 is 9.88 Å². The molecule has 4 heterocycles. The number of hydrogen-bond donors (Lipinski definition) is 1. The summed E-state index contributed by atoms with van der Waals surface area (Å²) in [5, 5.41) is 3.69. The molecule has 2 atom stereocenters. The van der Waals surface area contributed by atoms with Gasteiger partial charge in [-0.15, -0.1) is 0 Å². The lowest BCUT2D eigenvalue weighted by Crippen LogP contribution is -2.64. The number of hydrogen-bond acceptors (Lipinski definition) is 4. The van der Waals surface area contributed by atoms with E-state index in [1.807, 2.05) is 6.20 Å². The molecule has 2 unspecified atom stereocenters. The largest absolute Gasteiger partial charge is 0.334 e. The summed E-state index contributed by atoms with van der Waals surface area (Å²) in [6.07, 6.45) is 5.23. The number of nitrogens with zero attached hydrogens (tertiary/aromatic N) is 4. The maximum atomic E-state index is 4.67. The monoisotopic (exact) mass is 277 g/mol. The zero-order valence-corrected chi connectivity index (χ0v) is 12.8. The van der Waals surface area contributed by atoms with Crippen LogP contribution in [0.25, 0.3) is 0 Å². The van der Waals surface area contributed by atoms with Gasteiger partial charge in [-0.2, -0.15) is 0 Å². The summed E-state index contributed by atoms with van der Waals surface area (Å²) in [7, 11) is 0. The number of rotatable bonds is 6. The maximum Gasteiger partial charge on any atom is 0.127 e. The highest BCUT2D eigenvalue weighted by Gasteiger charge is 2.38. The van der Waals surface area contributed by atoms with Gasteiger partial charge in [0.1, 0.15) is 5.82 Å². The van der Waals surface area contributed by atoms with Crippen molar-refractivity contribution in [3.63, 3.8) is 0 Å². The van der Waals surface area contributed by atoms with Crippen molar-refractivity contribution in [3.05, 3.63) is 18.2 Å². The van der Waals surface area contributed by atoms with E-state index in [0.29, 0.717) is 12.1 Å². The molecule has 0 radical (unpaired) electrons. The summed E-state index contributed by atoms with van der Waals surface area (Å²) in [5.41, 5.74) is 0. The molecule has 3 saturated heterocycles. The van der Waals surface area contributed by atoms with Crippen LogP contribution in [0.15, 0.2) is 12.4 Å². The molecule has 0 spiro atoms. The normalized spacial score (nSPS) is 30.6. The van der Waals surface area contributed by atoms with Crippen LogP contribution in [0.4, 0.5) is 0 Å². The summed E-state index contributed by atoms with van der Waals surface area (Å²) in [6.45, 7) is 12.5. The Balaban J connectivity index is 1.83. The van der Waals surface area contributed by atoms with Gasteiger partial charge in [-0.05, 0) is 13.0 Å². The fourth-order valence-corrected chi connectivity index (χ4v) is 3.62. The van der Waals surface area contributed by atoms with E-state index >= 15 is 0 Å². The van der Waals surface area contributed by atoms with Crippen LogP contribution in [0, 0.1) is 0 Å². The average Bonchev–Trinajstić information content (AvgIpc) is 2.94. The minimum Gasteiger partial charge on any atom is -0.334 e. The third-order valence-electron chi connectivity index (χ3n) is 4.62. The molecular formula is C15H27N5. The van der Waals surface area contributed by atoms with Crippen molar-refractivity contribution >= 4 is 0 Å². The molecular weight excluding hydrogens is 250 g/mol. The zero-order chi connectivity index (χ0) is 13.9. The Bertz CT molecular complexity index is 422. The molecule has 0 saturated carbocycles. The van der Waals surface area contributed by atoms with E-state index in [2.05, 4.69) is 44.7 Å². The number of likely N-dealkylation sites (N-methyl/N-ethyl adjacent to an activating group) is 1. The fraction of sp³-hybridized carbons (Fsp3) is 0.800. The van der Waals surface area contributed by atoms with E-state index < -0.39 is 0 Å². The molecule has 112 valence electrons. The highest BCUT2D eigenvalue weighted by molar-refractivity contribution is 5.07. The van der Waals surface area contributed by atoms with E-state index in [4.69, 9.17) is 0 Å². The maximum absolute atomic E-state index is 4.67. The number of piperazine rings is 3. The molecule has 4 rings (SSSR count). The standard InChI is InChI=1S/C15H27N5/c1-3-6-20-7-5-17-15(20)14(16-4-2)13-12-18-8-10-19(13)11-9-18/h5,7,13-14,16H,3-4,6,8-12H2,1-2H3. The Morgan fingerprint density at radius 1 is 1.30 bits per heavy atom. The van der Waals surface area contributed by atoms with Gasteiger partial charge in [-0.25, -0.2) is 4.98 Å². The molecule has 1 aromatic heterocycles. The second-order valence-corrected chi connectivity index (χ2v) is 5.92. The first kappa shape index (κ1) is 14.0. The smallest absolute Gasteiger partial charge is 0.127 e. The Kier molecular flexibility index (Phi) is 4.38. The number of imidazole rings is 1. The van der Waals surface area contributed by atoms with Crippen LogP contribution in [0.5, 0.6) is 0 Å². The Morgan fingerprint density at radius 2 is 2.10 bits per heavy atom. The van der Waals surface area contributed by atoms with Gasteiger partial charge in [0.2, 0.25) is 0 Å². The van der Waals surface area contributed by atoms with E-state index in [1.54, 1.807) is 0 Å². The van der Waals surface area contributed by atoms with Crippen LogP contribution in [0.1, 0.15) is 32.1 Å². The first-order valence-electron chi connectivity index (χ1n) is 8.04. The van der Waals surface area contributed by atoms with Crippen molar-refractivity contribution in [1.82, 2.24) is 24.7 Å². The van der Waals surface area contributed by atoms with Gasteiger partial charge in [-0.3, -0.25) is 9.80 Å². The molecule has 5 nitrogen and oxygen atoms in total. The van der Waals surface area contributed by atoms with Gasteiger partial charge in [-0.1, -0.05) is 13.8 Å². The molecule has 3 fully saturated rings. The molecule has 0 aliphatic carbocycles. The van der Waals surface area contributed by atoms with Crippen LogP contribution in [-0.2, 0) is 6.54 Å². The van der Waals surface area contributed by atoms with Gasteiger partial charge in [0.15, 0.2) is 0 Å². The summed E-state index contributed by atoms with van der Waals surface area (Å²) < 4.78 is 2.33. The van der Waals surface area contributed by atoms with E-state index in [9.17, 15) is 0 Å². The fourth-order valence-electron chi connectivity index (χ4n) is 3.62. The minimum atomic E-state index is 0.352. The van der Waals surface area contributed by atoms with Crippen molar-refractivity contribution < 1.29 is 0 Å². The number of nitrogens with one attached hydrogen (secondary N) is 1. The second kappa shape index (κ2) is 6.24. The second-order valence-electron chi connectivity index (χ2n) is 5.92. The van der Waals surface area contributed by atoms with Gasteiger partial charge in [0, 0.05) is 57.7 Å². The minimum absolute atomic E-state index is 0.352. The molecule has 5 heteroatoms. The van der Waals surface area contributed by atoms with Gasteiger partial charge >= 0.3 is 0 Å². The highest BCUT2D eigenvalue weighted by atomic mass is 15.4. The van der Waals surface area contributed by atoms with Crippen LogP contribution < -0.4 is 5.32 Å². The number of fused-ring (bicyclic) bond motifs is 3. The van der Waals surface area contributed by atoms with Crippen molar-refractivity contribution in [2.75, 3.05) is 39.3 Å². The van der Waals surface area contributed by atoms with Crippen LogP contribution in [-0.4, -0.2) is 64.7 Å². The average molecular weight is 277 g/mol. The first-order chi connectivity index (χ1) is 9.83. The Labute approximate surface area is 122 Å². The topological polar surface area (TPSA) is 36.3 Å². The van der Waals surface area contributed by atoms with E-state index in [1.165, 1.54) is 38.5 Å². The molecule has 1 N–H and O–H groups in total. The third-order valence-corrected chi connectivity index (χ3v) is 4.62. The molecule has 20 heavy (non-hydrogen) atoms. The third kappa shape index (κ3) is 2.62. The van der Waals surface area contributed by atoms with Crippen LogP contribution >= 0.6 is 0 Å². The van der Waals surface area contributed by atoms with Crippen molar-refractivity contribution in [1.29, 1.82) is 0 Å². The molecule has 0 amide bonds. The van der Waals surface area contributed by atoms with Crippen molar-refractivity contribution in [3.8, 4) is 0 Å². The molecule has 0 aromatic carbocycles. The summed E-state index contributed by atoms with van der Waals surface area (Å²) in [5.74, 6) is 1.22. The van der Waals surface area contributed by atoms with Gasteiger partial charge in [0.25, 0.3) is 0 Å².